The largest absolute Gasteiger partial charge is 0.299 e. The standard InChI is InChI=1S/C16H26O/c1-7-10-15(3,4)14(17)11-13-9-8-12(2)16(13,5)6/h7-8,13H,1,9-11H2,2-6H3. The first-order valence-corrected chi connectivity index (χ1v) is 6.53. The minimum atomic E-state index is -0.256. The number of carbonyl (C=O) groups is 1. The van der Waals surface area contributed by atoms with Gasteiger partial charge in [0.25, 0.3) is 0 Å². The predicted octanol–water partition coefficient (Wildman–Crippen LogP) is 4.54. The van der Waals surface area contributed by atoms with Gasteiger partial charge >= 0.3 is 0 Å². The summed E-state index contributed by atoms with van der Waals surface area (Å²) in [6, 6.07) is 0. The molecule has 0 bridgehead atoms. The van der Waals surface area contributed by atoms with Crippen LogP contribution in [0.1, 0.15) is 53.9 Å². The lowest BCUT2D eigenvalue weighted by Crippen LogP contribution is -2.30. The Morgan fingerprint density at radius 3 is 2.59 bits per heavy atom. The third-order valence-electron chi connectivity index (χ3n) is 4.59. The van der Waals surface area contributed by atoms with E-state index in [1.165, 1.54) is 5.57 Å². The summed E-state index contributed by atoms with van der Waals surface area (Å²) in [6.07, 6.45) is 6.65. The van der Waals surface area contributed by atoms with Crippen molar-refractivity contribution >= 4 is 5.78 Å². The normalized spacial score (nSPS) is 23.4. The molecule has 0 saturated heterocycles. The highest BCUT2D eigenvalue weighted by molar-refractivity contribution is 5.84. The highest BCUT2D eigenvalue weighted by Crippen LogP contribution is 2.45. The molecule has 0 heterocycles. The van der Waals surface area contributed by atoms with Gasteiger partial charge in [-0.25, -0.2) is 0 Å². The molecule has 0 aromatic rings. The molecule has 0 aromatic carbocycles. The first-order chi connectivity index (χ1) is 7.71. The molecule has 0 amide bonds. The van der Waals surface area contributed by atoms with E-state index in [1.54, 1.807) is 0 Å². The molecule has 0 spiro atoms. The van der Waals surface area contributed by atoms with E-state index in [4.69, 9.17) is 0 Å². The van der Waals surface area contributed by atoms with E-state index in [0.29, 0.717) is 18.1 Å². The van der Waals surface area contributed by atoms with Gasteiger partial charge < -0.3 is 0 Å². The molecule has 0 saturated carbocycles. The summed E-state index contributed by atoms with van der Waals surface area (Å²) in [5.74, 6) is 0.845. The molecule has 1 aliphatic carbocycles. The van der Waals surface area contributed by atoms with E-state index in [9.17, 15) is 4.79 Å². The summed E-state index contributed by atoms with van der Waals surface area (Å²) in [5.41, 5.74) is 1.35. The number of Topliss-reactive ketones (excluding diaryl/α,β-unsaturated/α-hetero) is 1. The molecule has 1 rings (SSSR count). The second kappa shape index (κ2) is 4.80. The molecular formula is C16H26O. The number of ketones is 1. The average molecular weight is 234 g/mol. The quantitative estimate of drug-likeness (QED) is 0.638. The van der Waals surface area contributed by atoms with Crippen molar-refractivity contribution in [1.29, 1.82) is 0 Å². The maximum absolute atomic E-state index is 12.3. The van der Waals surface area contributed by atoms with Gasteiger partial charge in [0.1, 0.15) is 5.78 Å². The highest BCUT2D eigenvalue weighted by Gasteiger charge is 2.38. The van der Waals surface area contributed by atoms with Crippen molar-refractivity contribution < 1.29 is 4.79 Å². The minimum Gasteiger partial charge on any atom is -0.299 e. The lowest BCUT2D eigenvalue weighted by atomic mass is 9.72. The summed E-state index contributed by atoms with van der Waals surface area (Å²) in [6.45, 7) is 14.5. The number of hydrogen-bond donors (Lipinski definition) is 0. The summed E-state index contributed by atoms with van der Waals surface area (Å²) in [5, 5.41) is 0. The molecular weight excluding hydrogens is 208 g/mol. The first-order valence-electron chi connectivity index (χ1n) is 6.53. The van der Waals surface area contributed by atoms with Gasteiger partial charge in [-0.1, -0.05) is 45.4 Å². The molecule has 0 aromatic heterocycles. The van der Waals surface area contributed by atoms with E-state index in [0.717, 1.165) is 12.8 Å². The smallest absolute Gasteiger partial charge is 0.139 e. The van der Waals surface area contributed by atoms with Crippen LogP contribution in [0.15, 0.2) is 24.3 Å². The van der Waals surface area contributed by atoms with Crippen LogP contribution in [0.2, 0.25) is 0 Å². The van der Waals surface area contributed by atoms with Crippen LogP contribution in [0.5, 0.6) is 0 Å². The Bertz CT molecular complexity index is 345. The van der Waals surface area contributed by atoms with Crippen LogP contribution in [0.25, 0.3) is 0 Å². The van der Waals surface area contributed by atoms with Gasteiger partial charge in [-0.2, -0.15) is 0 Å². The van der Waals surface area contributed by atoms with Gasteiger partial charge in [-0.15, -0.1) is 6.58 Å². The average Bonchev–Trinajstić information content (AvgIpc) is 2.44. The van der Waals surface area contributed by atoms with Gasteiger partial charge in [0.15, 0.2) is 0 Å². The molecule has 17 heavy (non-hydrogen) atoms. The molecule has 1 nitrogen and oxygen atoms in total. The molecule has 1 atom stereocenters. The fourth-order valence-electron chi connectivity index (χ4n) is 2.51. The molecule has 1 aliphatic rings. The number of allylic oxidation sites excluding steroid dienone is 3. The molecule has 96 valence electrons. The third kappa shape index (κ3) is 2.88. The zero-order valence-corrected chi connectivity index (χ0v) is 12.0. The Kier molecular flexibility index (Phi) is 4.01. The van der Waals surface area contributed by atoms with Crippen LogP contribution >= 0.6 is 0 Å². The Labute approximate surface area is 106 Å². The Hall–Kier alpha value is -0.850. The van der Waals surface area contributed by atoms with E-state index in [-0.39, 0.29) is 10.8 Å². The van der Waals surface area contributed by atoms with Crippen LogP contribution in [-0.2, 0) is 4.79 Å². The zero-order chi connectivity index (χ0) is 13.3. The van der Waals surface area contributed by atoms with Crippen molar-refractivity contribution in [3.63, 3.8) is 0 Å². The highest BCUT2D eigenvalue weighted by atomic mass is 16.1. The zero-order valence-electron chi connectivity index (χ0n) is 12.0. The van der Waals surface area contributed by atoms with Crippen LogP contribution < -0.4 is 0 Å². The SMILES string of the molecule is C=CCC(C)(C)C(=O)CC1CC=C(C)C1(C)C. The van der Waals surface area contributed by atoms with Crippen LogP contribution in [0.4, 0.5) is 0 Å². The fraction of sp³-hybridized carbons (Fsp3) is 0.688. The summed E-state index contributed by atoms with van der Waals surface area (Å²) in [4.78, 5) is 12.3. The van der Waals surface area contributed by atoms with Crippen molar-refractivity contribution in [2.45, 2.75) is 53.9 Å². The topological polar surface area (TPSA) is 17.1 Å². The second-order valence-corrected chi connectivity index (χ2v) is 6.55. The molecule has 1 heteroatoms. The molecule has 0 N–H and O–H groups in total. The van der Waals surface area contributed by atoms with Crippen LogP contribution in [-0.4, -0.2) is 5.78 Å². The fourth-order valence-corrected chi connectivity index (χ4v) is 2.51. The molecule has 0 aliphatic heterocycles. The number of rotatable bonds is 5. The summed E-state index contributed by atoms with van der Waals surface area (Å²) < 4.78 is 0. The van der Waals surface area contributed by atoms with Crippen molar-refractivity contribution in [2.24, 2.45) is 16.7 Å². The Morgan fingerprint density at radius 2 is 2.18 bits per heavy atom. The lowest BCUT2D eigenvalue weighted by Gasteiger charge is -2.32. The van der Waals surface area contributed by atoms with Crippen LogP contribution in [0.3, 0.4) is 0 Å². The molecule has 1 unspecified atom stereocenters. The molecule has 0 radical (unpaired) electrons. The van der Waals surface area contributed by atoms with E-state index >= 15 is 0 Å². The number of hydrogen-bond acceptors (Lipinski definition) is 1. The molecule has 0 fully saturated rings. The Morgan fingerprint density at radius 1 is 1.59 bits per heavy atom. The van der Waals surface area contributed by atoms with Gasteiger partial charge in [0.2, 0.25) is 0 Å². The summed E-state index contributed by atoms with van der Waals surface area (Å²) in [7, 11) is 0. The maximum Gasteiger partial charge on any atom is 0.139 e. The van der Waals surface area contributed by atoms with Gasteiger partial charge in [-0.05, 0) is 31.1 Å². The van der Waals surface area contributed by atoms with Crippen molar-refractivity contribution in [3.8, 4) is 0 Å². The van der Waals surface area contributed by atoms with Crippen LogP contribution in [0, 0.1) is 16.7 Å². The van der Waals surface area contributed by atoms with Gasteiger partial charge in [-0.3, -0.25) is 4.79 Å². The third-order valence-corrected chi connectivity index (χ3v) is 4.59. The van der Waals surface area contributed by atoms with Gasteiger partial charge in [0, 0.05) is 11.8 Å². The van der Waals surface area contributed by atoms with Crippen molar-refractivity contribution in [2.75, 3.05) is 0 Å². The second-order valence-electron chi connectivity index (χ2n) is 6.55. The minimum absolute atomic E-state index is 0.180. The van der Waals surface area contributed by atoms with E-state index < -0.39 is 0 Å². The van der Waals surface area contributed by atoms with Gasteiger partial charge in [0.05, 0.1) is 0 Å². The van der Waals surface area contributed by atoms with Crippen molar-refractivity contribution in [1.82, 2.24) is 0 Å². The maximum atomic E-state index is 12.3. The van der Waals surface area contributed by atoms with E-state index in [1.807, 2.05) is 19.9 Å². The predicted molar refractivity (Wildman–Crippen MR) is 73.9 cm³/mol. The van der Waals surface area contributed by atoms with E-state index in [2.05, 4.69) is 33.4 Å². The summed E-state index contributed by atoms with van der Waals surface area (Å²) >= 11 is 0. The Balaban J connectivity index is 2.69. The van der Waals surface area contributed by atoms with Crippen molar-refractivity contribution in [3.05, 3.63) is 24.3 Å². The number of carbonyl (C=O) groups excluding carboxylic acids is 1. The monoisotopic (exact) mass is 234 g/mol. The lowest BCUT2D eigenvalue weighted by molar-refractivity contribution is -0.128. The first kappa shape index (κ1) is 14.2.